The number of aryl methyl sites for hydroxylation is 1. The van der Waals surface area contributed by atoms with Crippen LogP contribution in [0.1, 0.15) is 30.2 Å². The van der Waals surface area contributed by atoms with Crippen LogP contribution >= 0.6 is 0 Å². The first-order valence-electron chi connectivity index (χ1n) is 8.40. The molecular formula is C18H24N4O2. The summed E-state index contributed by atoms with van der Waals surface area (Å²) in [5, 5.41) is 10.1. The van der Waals surface area contributed by atoms with Crippen LogP contribution in [0.2, 0.25) is 0 Å². The average Bonchev–Trinajstić information content (AvgIpc) is 3.01. The highest BCUT2D eigenvalue weighted by atomic mass is 16.5. The smallest absolute Gasteiger partial charge is 0.315 e. The van der Waals surface area contributed by atoms with Crippen molar-refractivity contribution in [1.29, 1.82) is 0 Å². The highest BCUT2D eigenvalue weighted by Crippen LogP contribution is 2.27. The molecule has 1 aliphatic rings. The first-order valence-corrected chi connectivity index (χ1v) is 8.40. The van der Waals surface area contributed by atoms with Gasteiger partial charge in [-0.3, -0.25) is 4.68 Å². The predicted molar refractivity (Wildman–Crippen MR) is 91.6 cm³/mol. The molecule has 2 N–H and O–H groups in total. The summed E-state index contributed by atoms with van der Waals surface area (Å²) >= 11 is 0. The minimum absolute atomic E-state index is 0.0553. The van der Waals surface area contributed by atoms with E-state index >= 15 is 0 Å². The lowest BCUT2D eigenvalue weighted by Crippen LogP contribution is -2.45. The Kier molecular flexibility index (Phi) is 5.48. The molecule has 3 rings (SSSR count). The lowest BCUT2D eigenvalue weighted by atomic mass is 9.97. The van der Waals surface area contributed by atoms with Crippen LogP contribution in [-0.2, 0) is 18.2 Å². The van der Waals surface area contributed by atoms with Gasteiger partial charge in [-0.1, -0.05) is 30.3 Å². The molecule has 1 fully saturated rings. The van der Waals surface area contributed by atoms with Gasteiger partial charge in [0.05, 0.1) is 6.10 Å². The van der Waals surface area contributed by atoms with Crippen molar-refractivity contribution in [2.45, 2.75) is 31.4 Å². The van der Waals surface area contributed by atoms with Gasteiger partial charge in [-0.2, -0.15) is 5.10 Å². The van der Waals surface area contributed by atoms with Gasteiger partial charge in [0, 0.05) is 44.6 Å². The third kappa shape index (κ3) is 4.35. The molecule has 1 aliphatic heterocycles. The molecule has 128 valence electrons. The normalized spacial score (nSPS) is 20.5. The van der Waals surface area contributed by atoms with E-state index in [1.165, 1.54) is 5.56 Å². The van der Waals surface area contributed by atoms with Gasteiger partial charge in [-0.05, 0) is 24.5 Å². The second-order valence-electron chi connectivity index (χ2n) is 6.09. The third-order valence-electron chi connectivity index (χ3n) is 4.38. The standard InChI is InChI=1S/C18H24N4O2/c1-22-16(8-11-20-22)7-10-19-18(23)21-15-9-12-24-17(13-15)14-5-3-2-4-6-14/h2-6,8,11,15,17H,7,9-10,12-13H2,1H3,(H2,19,21,23)/t15-,17+/m1/s1. The number of rotatable bonds is 5. The lowest BCUT2D eigenvalue weighted by molar-refractivity contribution is 0.00227. The number of urea groups is 1. The number of amides is 2. The van der Waals surface area contributed by atoms with E-state index in [-0.39, 0.29) is 18.2 Å². The highest BCUT2D eigenvalue weighted by Gasteiger charge is 2.24. The molecule has 6 nitrogen and oxygen atoms in total. The van der Waals surface area contributed by atoms with E-state index in [1.54, 1.807) is 6.20 Å². The Morgan fingerprint density at radius 2 is 2.17 bits per heavy atom. The molecule has 0 radical (unpaired) electrons. The Morgan fingerprint density at radius 1 is 1.33 bits per heavy atom. The Hall–Kier alpha value is -2.34. The summed E-state index contributed by atoms with van der Waals surface area (Å²) in [7, 11) is 1.90. The van der Waals surface area contributed by atoms with Crippen molar-refractivity contribution < 1.29 is 9.53 Å². The number of nitrogens with one attached hydrogen (secondary N) is 2. The van der Waals surface area contributed by atoms with Crippen molar-refractivity contribution in [2.24, 2.45) is 7.05 Å². The van der Waals surface area contributed by atoms with Crippen molar-refractivity contribution in [2.75, 3.05) is 13.2 Å². The monoisotopic (exact) mass is 328 g/mol. The van der Waals surface area contributed by atoms with Gasteiger partial charge in [0.15, 0.2) is 0 Å². The van der Waals surface area contributed by atoms with Crippen molar-refractivity contribution in [3.8, 4) is 0 Å². The highest BCUT2D eigenvalue weighted by molar-refractivity contribution is 5.74. The topological polar surface area (TPSA) is 68.2 Å². The van der Waals surface area contributed by atoms with Gasteiger partial charge >= 0.3 is 6.03 Å². The van der Waals surface area contributed by atoms with Gasteiger partial charge in [-0.15, -0.1) is 0 Å². The van der Waals surface area contributed by atoms with Crippen LogP contribution in [0.4, 0.5) is 4.79 Å². The van der Waals surface area contributed by atoms with Crippen LogP contribution < -0.4 is 10.6 Å². The zero-order valence-corrected chi connectivity index (χ0v) is 13.9. The Balaban J connectivity index is 1.43. The van der Waals surface area contributed by atoms with E-state index in [0.717, 1.165) is 25.0 Å². The van der Waals surface area contributed by atoms with Crippen LogP contribution in [0.5, 0.6) is 0 Å². The number of hydrogen-bond donors (Lipinski definition) is 2. The molecule has 6 heteroatoms. The molecule has 2 heterocycles. The lowest BCUT2D eigenvalue weighted by Gasteiger charge is -2.30. The van der Waals surface area contributed by atoms with Crippen LogP contribution in [0.3, 0.4) is 0 Å². The molecule has 2 aromatic rings. The number of hydrogen-bond acceptors (Lipinski definition) is 3. The number of carbonyl (C=O) groups is 1. The van der Waals surface area contributed by atoms with Crippen molar-refractivity contribution >= 4 is 6.03 Å². The summed E-state index contributed by atoms with van der Waals surface area (Å²) in [6.07, 6.45) is 4.24. The molecular weight excluding hydrogens is 304 g/mol. The van der Waals surface area contributed by atoms with Crippen LogP contribution in [-0.4, -0.2) is 35.0 Å². The zero-order chi connectivity index (χ0) is 16.8. The fraction of sp³-hybridized carbons (Fsp3) is 0.444. The molecule has 0 unspecified atom stereocenters. The summed E-state index contributed by atoms with van der Waals surface area (Å²) in [4.78, 5) is 12.1. The van der Waals surface area contributed by atoms with E-state index in [0.29, 0.717) is 13.2 Å². The zero-order valence-electron chi connectivity index (χ0n) is 13.9. The Labute approximate surface area is 142 Å². The summed E-state index contributed by atoms with van der Waals surface area (Å²) in [6.45, 7) is 1.26. The van der Waals surface area contributed by atoms with Gasteiger partial charge in [0.25, 0.3) is 0 Å². The number of nitrogens with zero attached hydrogens (tertiary/aromatic N) is 2. The Bertz CT molecular complexity index is 656. The molecule has 2 atom stereocenters. The first kappa shape index (κ1) is 16.5. The second kappa shape index (κ2) is 7.97. The molecule has 1 aromatic heterocycles. The molecule has 0 saturated carbocycles. The maximum atomic E-state index is 12.1. The van der Waals surface area contributed by atoms with E-state index < -0.39 is 0 Å². The fourth-order valence-electron chi connectivity index (χ4n) is 3.02. The molecule has 0 spiro atoms. The summed E-state index contributed by atoms with van der Waals surface area (Å²) in [5.74, 6) is 0. The fourth-order valence-corrected chi connectivity index (χ4v) is 3.02. The van der Waals surface area contributed by atoms with Crippen molar-refractivity contribution in [3.05, 3.63) is 53.9 Å². The largest absolute Gasteiger partial charge is 0.373 e. The predicted octanol–water partition coefficient (Wildman–Crippen LogP) is 2.18. The van der Waals surface area contributed by atoms with Gasteiger partial charge in [0.1, 0.15) is 0 Å². The molecule has 0 aliphatic carbocycles. The first-order chi connectivity index (χ1) is 11.7. The third-order valence-corrected chi connectivity index (χ3v) is 4.38. The van der Waals surface area contributed by atoms with Crippen LogP contribution in [0.15, 0.2) is 42.6 Å². The van der Waals surface area contributed by atoms with E-state index in [1.807, 2.05) is 36.0 Å². The SMILES string of the molecule is Cn1nccc1CCNC(=O)N[C@@H]1CCO[C@H](c2ccccc2)C1. The van der Waals surface area contributed by atoms with Crippen LogP contribution in [0, 0.1) is 0 Å². The van der Waals surface area contributed by atoms with Crippen LogP contribution in [0.25, 0.3) is 0 Å². The van der Waals surface area contributed by atoms with E-state index in [4.69, 9.17) is 4.74 Å². The van der Waals surface area contributed by atoms with Crippen molar-refractivity contribution in [3.63, 3.8) is 0 Å². The maximum Gasteiger partial charge on any atom is 0.315 e. The number of benzene rings is 1. The average molecular weight is 328 g/mol. The quantitative estimate of drug-likeness (QED) is 0.884. The molecule has 1 aromatic carbocycles. The van der Waals surface area contributed by atoms with Gasteiger partial charge in [0.2, 0.25) is 0 Å². The summed E-state index contributed by atoms with van der Waals surface area (Å²) in [6, 6.07) is 12.2. The molecule has 1 saturated heterocycles. The van der Waals surface area contributed by atoms with E-state index in [9.17, 15) is 4.79 Å². The van der Waals surface area contributed by atoms with E-state index in [2.05, 4.69) is 27.9 Å². The summed E-state index contributed by atoms with van der Waals surface area (Å²) < 4.78 is 7.66. The number of aromatic nitrogens is 2. The maximum absolute atomic E-state index is 12.1. The van der Waals surface area contributed by atoms with Crippen molar-refractivity contribution in [1.82, 2.24) is 20.4 Å². The Morgan fingerprint density at radius 3 is 2.92 bits per heavy atom. The van der Waals surface area contributed by atoms with Gasteiger partial charge in [-0.25, -0.2) is 4.79 Å². The molecule has 0 bridgehead atoms. The summed E-state index contributed by atoms with van der Waals surface area (Å²) in [5.41, 5.74) is 2.27. The molecule has 24 heavy (non-hydrogen) atoms. The molecule has 2 amide bonds. The number of carbonyl (C=O) groups excluding carboxylic acids is 1. The minimum Gasteiger partial charge on any atom is -0.373 e. The minimum atomic E-state index is -0.115. The van der Waals surface area contributed by atoms with Gasteiger partial charge < -0.3 is 15.4 Å². The number of ether oxygens (including phenoxy) is 1. The second-order valence-corrected chi connectivity index (χ2v) is 6.09.